The van der Waals surface area contributed by atoms with Gasteiger partial charge in [0.25, 0.3) is 5.91 Å². The van der Waals surface area contributed by atoms with E-state index in [9.17, 15) is 18.0 Å². The molecule has 188 valence electrons. The molecule has 4 rings (SSSR count). The quantitative estimate of drug-likeness (QED) is 0.344. The second kappa shape index (κ2) is 10.4. The van der Waals surface area contributed by atoms with E-state index in [2.05, 4.69) is 10.4 Å². The Morgan fingerprint density at radius 1 is 1.19 bits per heavy atom. The Balaban J connectivity index is 1.50. The molecule has 7 nitrogen and oxygen atoms in total. The van der Waals surface area contributed by atoms with Crippen molar-refractivity contribution in [2.24, 2.45) is 0 Å². The predicted octanol–water partition coefficient (Wildman–Crippen LogP) is 4.77. The molecule has 1 aliphatic rings. The number of hydrogen-bond donors (Lipinski definition) is 1. The van der Waals surface area contributed by atoms with Crippen LogP contribution in [-0.4, -0.2) is 32.8 Å². The van der Waals surface area contributed by atoms with E-state index in [4.69, 9.17) is 21.7 Å². The molecule has 36 heavy (non-hydrogen) atoms. The number of amides is 1. The number of hydrogen-bond acceptors (Lipinski definition) is 5. The average molecular weight is 517 g/mol. The lowest BCUT2D eigenvalue weighted by Gasteiger charge is -2.13. The van der Waals surface area contributed by atoms with Crippen molar-refractivity contribution < 1.29 is 27.4 Å². The van der Waals surface area contributed by atoms with Crippen LogP contribution in [0.15, 0.2) is 60.6 Å². The Morgan fingerprint density at radius 2 is 2.00 bits per heavy atom. The second-order valence-corrected chi connectivity index (χ2v) is 8.36. The van der Waals surface area contributed by atoms with Gasteiger partial charge in [-0.25, -0.2) is 0 Å². The van der Waals surface area contributed by atoms with Gasteiger partial charge in [-0.05, 0) is 61.1 Å². The molecule has 0 unspecified atom stereocenters. The van der Waals surface area contributed by atoms with Crippen molar-refractivity contribution in [2.75, 3.05) is 7.11 Å². The van der Waals surface area contributed by atoms with Gasteiger partial charge in [-0.15, -0.1) is 0 Å². The van der Waals surface area contributed by atoms with Crippen molar-refractivity contribution in [3.05, 3.63) is 82.8 Å². The maximum absolute atomic E-state index is 13.0. The summed E-state index contributed by atoms with van der Waals surface area (Å²) < 4.78 is 51.7. The molecule has 0 spiro atoms. The van der Waals surface area contributed by atoms with Gasteiger partial charge in [0, 0.05) is 23.9 Å². The third kappa shape index (κ3) is 5.68. The predicted molar refractivity (Wildman–Crippen MR) is 131 cm³/mol. The van der Waals surface area contributed by atoms with Crippen LogP contribution in [0.25, 0.3) is 6.08 Å². The molecule has 1 aliphatic heterocycles. The molecule has 0 atom stereocenters. The van der Waals surface area contributed by atoms with Crippen molar-refractivity contribution in [2.45, 2.75) is 32.8 Å². The van der Waals surface area contributed by atoms with E-state index in [1.165, 1.54) is 24.1 Å². The minimum Gasteiger partial charge on any atom is -0.496 e. The summed E-state index contributed by atoms with van der Waals surface area (Å²) in [5.74, 6) is 0.303. The van der Waals surface area contributed by atoms with Crippen LogP contribution in [0, 0.1) is 0 Å². The minimum absolute atomic E-state index is 0.0329. The van der Waals surface area contributed by atoms with E-state index in [0.717, 1.165) is 24.2 Å². The van der Waals surface area contributed by atoms with Gasteiger partial charge in [-0.1, -0.05) is 12.1 Å². The molecule has 2 aromatic carbocycles. The monoisotopic (exact) mass is 516 g/mol. The van der Waals surface area contributed by atoms with Gasteiger partial charge in [0.05, 0.1) is 25.4 Å². The molecule has 1 aromatic heterocycles. The van der Waals surface area contributed by atoms with Crippen LogP contribution in [0.2, 0.25) is 0 Å². The first kappa shape index (κ1) is 25.2. The fourth-order valence-corrected chi connectivity index (χ4v) is 3.91. The summed E-state index contributed by atoms with van der Waals surface area (Å²) in [7, 11) is 1.49. The first-order chi connectivity index (χ1) is 17.2. The number of rotatable bonds is 8. The van der Waals surface area contributed by atoms with Crippen LogP contribution in [0.3, 0.4) is 0 Å². The summed E-state index contributed by atoms with van der Waals surface area (Å²) in [5.41, 5.74) is 1.63. The summed E-state index contributed by atoms with van der Waals surface area (Å²) in [6.45, 7) is 2.95. The molecule has 1 amide bonds. The Kier molecular flexibility index (Phi) is 7.30. The zero-order chi connectivity index (χ0) is 25.9. The number of alkyl halides is 3. The lowest BCUT2D eigenvalue weighted by atomic mass is 10.1. The number of nitrogens with one attached hydrogen (secondary N) is 1. The van der Waals surface area contributed by atoms with Gasteiger partial charge in [0.1, 0.15) is 23.8 Å². The summed E-state index contributed by atoms with van der Waals surface area (Å²) in [4.78, 5) is 14.4. The van der Waals surface area contributed by atoms with Crippen molar-refractivity contribution >= 4 is 29.3 Å². The number of ether oxygens (including phenoxy) is 2. The molecular weight excluding hydrogens is 493 g/mol. The van der Waals surface area contributed by atoms with Crippen molar-refractivity contribution in [3.63, 3.8) is 0 Å². The average Bonchev–Trinajstić information content (AvgIpc) is 3.42. The molecule has 1 saturated heterocycles. The zero-order valence-electron chi connectivity index (χ0n) is 19.5. The largest absolute Gasteiger partial charge is 0.496 e. The number of nitrogens with zero attached hydrogens (tertiary/aromatic N) is 3. The fourth-order valence-electron chi connectivity index (χ4n) is 3.65. The maximum atomic E-state index is 13.0. The molecule has 11 heteroatoms. The summed E-state index contributed by atoms with van der Waals surface area (Å²) in [5, 5.41) is 7.45. The number of methoxy groups -OCH3 is 1. The molecule has 1 N–H and O–H groups in total. The third-order valence-corrected chi connectivity index (χ3v) is 5.81. The molecule has 2 heterocycles. The number of halogens is 3. The standard InChI is InChI=1S/C25H23F3N4O3S/c1-3-31-13-17(12-29-31)14-32-23(33)21(30-24(32)36)10-16-7-8-22(34-2)18(9-16)15-35-20-6-4-5-19(11-20)25(26,27)28/h4-13H,3,14-15H2,1-2H3,(H,30,36)/b21-10+. The Hall–Kier alpha value is -3.86. The van der Waals surface area contributed by atoms with Crippen LogP contribution < -0.4 is 14.8 Å². The first-order valence-electron chi connectivity index (χ1n) is 11.0. The van der Waals surface area contributed by atoms with Gasteiger partial charge >= 0.3 is 6.18 Å². The minimum atomic E-state index is -4.46. The number of carbonyl (C=O) groups excluding carboxylic acids is 1. The lowest BCUT2D eigenvalue weighted by molar-refractivity contribution is -0.137. The van der Waals surface area contributed by atoms with Crippen molar-refractivity contribution in [1.29, 1.82) is 0 Å². The number of thiocarbonyl (C=S) groups is 1. The number of aromatic nitrogens is 2. The number of benzene rings is 2. The van der Waals surface area contributed by atoms with Crippen LogP contribution in [-0.2, 0) is 30.7 Å². The number of carbonyl (C=O) groups is 1. The van der Waals surface area contributed by atoms with E-state index >= 15 is 0 Å². The normalized spacial score (nSPS) is 14.9. The summed E-state index contributed by atoms with van der Waals surface area (Å²) in [6, 6.07) is 9.86. The summed E-state index contributed by atoms with van der Waals surface area (Å²) in [6.07, 6.45) is 0.741. The molecule has 3 aromatic rings. The van der Waals surface area contributed by atoms with Gasteiger partial charge in [-0.3, -0.25) is 14.4 Å². The van der Waals surface area contributed by atoms with Gasteiger partial charge in [-0.2, -0.15) is 18.3 Å². The highest BCUT2D eigenvalue weighted by molar-refractivity contribution is 7.80. The smallest absolute Gasteiger partial charge is 0.416 e. The van der Waals surface area contributed by atoms with Crippen LogP contribution in [0.1, 0.15) is 29.2 Å². The van der Waals surface area contributed by atoms with E-state index in [-0.39, 0.29) is 23.4 Å². The van der Waals surface area contributed by atoms with Crippen LogP contribution in [0.4, 0.5) is 13.2 Å². The molecule has 0 bridgehead atoms. The highest BCUT2D eigenvalue weighted by atomic mass is 32.1. The zero-order valence-corrected chi connectivity index (χ0v) is 20.3. The second-order valence-electron chi connectivity index (χ2n) is 7.97. The highest BCUT2D eigenvalue weighted by Crippen LogP contribution is 2.32. The first-order valence-corrected chi connectivity index (χ1v) is 11.4. The maximum Gasteiger partial charge on any atom is 0.416 e. The van der Waals surface area contributed by atoms with Gasteiger partial charge < -0.3 is 14.8 Å². The molecule has 0 aliphatic carbocycles. The van der Waals surface area contributed by atoms with E-state index in [1.54, 1.807) is 35.2 Å². The van der Waals surface area contributed by atoms with Crippen LogP contribution in [0.5, 0.6) is 11.5 Å². The Morgan fingerprint density at radius 3 is 2.69 bits per heavy atom. The van der Waals surface area contributed by atoms with E-state index in [0.29, 0.717) is 29.1 Å². The van der Waals surface area contributed by atoms with E-state index < -0.39 is 11.7 Å². The lowest BCUT2D eigenvalue weighted by Crippen LogP contribution is -2.29. The topological polar surface area (TPSA) is 68.6 Å². The number of aryl methyl sites for hydroxylation is 1. The van der Waals surface area contributed by atoms with E-state index in [1.807, 2.05) is 13.1 Å². The molecule has 0 radical (unpaired) electrons. The van der Waals surface area contributed by atoms with Crippen molar-refractivity contribution in [1.82, 2.24) is 20.0 Å². The summed E-state index contributed by atoms with van der Waals surface area (Å²) >= 11 is 5.35. The molecular formula is C25H23F3N4O3S. The molecule has 1 fully saturated rings. The van der Waals surface area contributed by atoms with Gasteiger partial charge in [0.15, 0.2) is 5.11 Å². The Bertz CT molecular complexity index is 1320. The third-order valence-electron chi connectivity index (χ3n) is 5.48. The fraction of sp³-hybridized carbons (Fsp3) is 0.240. The van der Waals surface area contributed by atoms with Gasteiger partial charge in [0.2, 0.25) is 0 Å². The van der Waals surface area contributed by atoms with Crippen molar-refractivity contribution in [3.8, 4) is 11.5 Å². The Labute approximate surface area is 211 Å². The van der Waals surface area contributed by atoms with Crippen LogP contribution >= 0.6 is 12.2 Å². The highest BCUT2D eigenvalue weighted by Gasteiger charge is 2.31. The molecule has 0 saturated carbocycles. The SMILES string of the molecule is CCn1cc(CN2C(=O)/C(=C\c3ccc(OC)c(COc4cccc(C(F)(F)F)c4)c3)NC2=S)cn1.